The highest BCUT2D eigenvalue weighted by atomic mass is 17.5. The summed E-state index contributed by atoms with van der Waals surface area (Å²) >= 11 is 0. The largest absolute Gasteiger partial charge is 0.376 e. The Labute approximate surface area is 171 Å². The van der Waals surface area contributed by atoms with Crippen molar-refractivity contribution >= 4 is 5.97 Å². The van der Waals surface area contributed by atoms with E-state index in [1.54, 1.807) is 6.07 Å². The third-order valence-corrected chi connectivity index (χ3v) is 5.28. The lowest BCUT2D eigenvalue weighted by Crippen LogP contribution is -2.12. The molecule has 4 heteroatoms. The minimum atomic E-state index is -0.486. The van der Waals surface area contributed by atoms with E-state index in [4.69, 9.17) is 14.8 Å². The van der Waals surface area contributed by atoms with Crippen LogP contribution in [0.4, 0.5) is 0 Å². The van der Waals surface area contributed by atoms with E-state index >= 15 is 0 Å². The Kier molecular flexibility index (Phi) is 14.6. The Morgan fingerprint density at radius 2 is 1.57 bits per heavy atom. The Morgan fingerprint density at radius 1 is 0.893 bits per heavy atom. The highest BCUT2D eigenvalue weighted by Gasteiger charge is 2.17. The zero-order chi connectivity index (χ0) is 20.5. The van der Waals surface area contributed by atoms with Crippen molar-refractivity contribution in [2.75, 3.05) is 6.61 Å². The summed E-state index contributed by atoms with van der Waals surface area (Å²) in [6, 6.07) is 7.62. The van der Waals surface area contributed by atoms with E-state index in [-0.39, 0.29) is 0 Å². The second-order valence-corrected chi connectivity index (χ2v) is 7.66. The molecule has 0 N–H and O–H groups in total. The van der Waals surface area contributed by atoms with E-state index in [0.717, 1.165) is 31.2 Å². The van der Waals surface area contributed by atoms with Gasteiger partial charge in [0.2, 0.25) is 0 Å². The topological polar surface area (TPSA) is 44.8 Å². The zero-order valence-electron chi connectivity index (χ0n) is 18.2. The van der Waals surface area contributed by atoms with Crippen molar-refractivity contribution in [3.8, 4) is 0 Å². The van der Waals surface area contributed by atoms with Gasteiger partial charge in [-0.05, 0) is 35.4 Å². The number of carbonyl (C=O) groups is 1. The summed E-state index contributed by atoms with van der Waals surface area (Å²) in [6.07, 6.45) is 14.0. The van der Waals surface area contributed by atoms with Crippen molar-refractivity contribution in [2.24, 2.45) is 5.92 Å². The summed E-state index contributed by atoms with van der Waals surface area (Å²) in [5, 5.41) is 4.70. The van der Waals surface area contributed by atoms with Gasteiger partial charge in [0.25, 0.3) is 0 Å². The lowest BCUT2D eigenvalue weighted by Gasteiger charge is -2.16. The summed E-state index contributed by atoms with van der Waals surface area (Å²) in [7, 11) is 0. The number of carbonyl (C=O) groups excluding carboxylic acids is 1. The number of unbranched alkanes of at least 4 members (excludes halogenated alkanes) is 7. The van der Waals surface area contributed by atoms with Crippen LogP contribution in [0.1, 0.15) is 107 Å². The van der Waals surface area contributed by atoms with Gasteiger partial charge in [0.05, 0.1) is 12.2 Å². The summed E-state index contributed by atoms with van der Waals surface area (Å²) < 4.78 is 0. The van der Waals surface area contributed by atoms with Gasteiger partial charge in [0, 0.05) is 0 Å². The predicted molar refractivity (Wildman–Crippen MR) is 114 cm³/mol. The molecule has 0 heterocycles. The maximum absolute atomic E-state index is 12.4. The molecule has 160 valence electrons. The molecule has 1 aromatic rings. The molecular formula is C24H40O4. The molecule has 4 nitrogen and oxygen atoms in total. The molecule has 0 aliphatic rings. The molecule has 0 saturated heterocycles. The predicted octanol–water partition coefficient (Wildman–Crippen LogP) is 7.22. The Balaban J connectivity index is 2.30. The molecule has 1 aromatic carbocycles. The zero-order valence-corrected chi connectivity index (χ0v) is 18.2. The van der Waals surface area contributed by atoms with Crippen molar-refractivity contribution in [3.63, 3.8) is 0 Å². The molecule has 0 saturated carbocycles. The van der Waals surface area contributed by atoms with E-state index in [9.17, 15) is 4.79 Å². The minimum absolute atomic E-state index is 0.442. The molecular weight excluding hydrogens is 352 g/mol. The van der Waals surface area contributed by atoms with Crippen LogP contribution in [0.15, 0.2) is 24.3 Å². The van der Waals surface area contributed by atoms with Crippen molar-refractivity contribution < 1.29 is 19.6 Å². The van der Waals surface area contributed by atoms with Crippen molar-refractivity contribution in [1.29, 1.82) is 0 Å². The molecule has 1 unspecified atom stereocenters. The van der Waals surface area contributed by atoms with Gasteiger partial charge >= 0.3 is 5.97 Å². The molecule has 0 bridgehead atoms. The van der Waals surface area contributed by atoms with Crippen LogP contribution in [0.25, 0.3) is 0 Å². The van der Waals surface area contributed by atoms with Gasteiger partial charge in [-0.15, -0.1) is 0 Å². The first-order valence-electron chi connectivity index (χ1n) is 11.3. The third kappa shape index (κ3) is 10.8. The molecule has 28 heavy (non-hydrogen) atoms. The standard InChI is InChI=1S/C24H40O4/c1-4-7-9-10-11-12-15-19-26-28-27-24(25)23-18-14-13-17-22(23)20-21(6-3)16-8-5-2/h13-14,17-18,21H,4-12,15-16,19-20H2,1-3H3. The van der Waals surface area contributed by atoms with Crippen LogP contribution in [-0.4, -0.2) is 12.6 Å². The molecule has 1 atom stereocenters. The number of hydrogen-bond acceptors (Lipinski definition) is 4. The molecule has 0 aromatic heterocycles. The lowest BCUT2D eigenvalue weighted by molar-refractivity contribution is -0.481. The van der Waals surface area contributed by atoms with Crippen LogP contribution in [0.3, 0.4) is 0 Å². The third-order valence-electron chi connectivity index (χ3n) is 5.28. The van der Waals surface area contributed by atoms with E-state index in [0.29, 0.717) is 18.1 Å². The van der Waals surface area contributed by atoms with Gasteiger partial charge in [-0.3, -0.25) is 4.89 Å². The molecule has 0 aliphatic heterocycles. The van der Waals surface area contributed by atoms with Gasteiger partial charge in [0.15, 0.2) is 0 Å². The number of hydrogen-bond donors (Lipinski definition) is 0. The van der Waals surface area contributed by atoms with Gasteiger partial charge in [-0.25, -0.2) is 4.79 Å². The normalized spacial score (nSPS) is 12.1. The van der Waals surface area contributed by atoms with Gasteiger partial charge < -0.3 is 0 Å². The maximum Gasteiger partial charge on any atom is 0.376 e. The molecule has 1 rings (SSSR count). The Hall–Kier alpha value is -1.39. The van der Waals surface area contributed by atoms with Crippen LogP contribution in [-0.2, 0) is 21.2 Å². The smallest absolute Gasteiger partial charge is 0.263 e. The first-order valence-corrected chi connectivity index (χ1v) is 11.3. The van der Waals surface area contributed by atoms with Crippen LogP contribution in [0.2, 0.25) is 0 Å². The fourth-order valence-corrected chi connectivity index (χ4v) is 3.40. The van der Waals surface area contributed by atoms with E-state index in [1.165, 1.54) is 51.4 Å². The fraction of sp³-hybridized carbons (Fsp3) is 0.708. The number of benzene rings is 1. The summed E-state index contributed by atoms with van der Waals surface area (Å²) in [4.78, 5) is 22.2. The quantitative estimate of drug-likeness (QED) is 0.159. The van der Waals surface area contributed by atoms with Crippen molar-refractivity contribution in [2.45, 2.75) is 97.8 Å². The Bertz CT molecular complexity index is 515. The van der Waals surface area contributed by atoms with Gasteiger partial charge in [-0.2, -0.15) is 4.89 Å². The molecule has 0 fully saturated rings. The summed E-state index contributed by atoms with van der Waals surface area (Å²) in [6.45, 7) is 7.08. The maximum atomic E-state index is 12.4. The molecule has 0 spiro atoms. The first kappa shape index (κ1) is 24.6. The highest BCUT2D eigenvalue weighted by molar-refractivity contribution is 5.90. The SMILES string of the molecule is CCCCCCCCCOOOC(=O)c1ccccc1CC(CC)CCCC. The van der Waals surface area contributed by atoms with Crippen LogP contribution >= 0.6 is 0 Å². The second-order valence-electron chi connectivity index (χ2n) is 7.66. The molecule has 0 aliphatic carbocycles. The fourth-order valence-electron chi connectivity index (χ4n) is 3.40. The van der Waals surface area contributed by atoms with Crippen LogP contribution in [0, 0.1) is 5.92 Å². The van der Waals surface area contributed by atoms with Crippen molar-refractivity contribution in [1.82, 2.24) is 0 Å². The van der Waals surface area contributed by atoms with Crippen LogP contribution in [0.5, 0.6) is 0 Å². The molecule has 0 radical (unpaired) electrons. The first-order chi connectivity index (χ1) is 13.7. The van der Waals surface area contributed by atoms with E-state index in [1.807, 2.05) is 18.2 Å². The number of rotatable bonds is 17. The molecule has 0 amide bonds. The van der Waals surface area contributed by atoms with Crippen molar-refractivity contribution in [3.05, 3.63) is 35.4 Å². The highest BCUT2D eigenvalue weighted by Crippen LogP contribution is 2.21. The average Bonchev–Trinajstić information content (AvgIpc) is 2.72. The van der Waals surface area contributed by atoms with Gasteiger partial charge in [-0.1, -0.05) is 103 Å². The van der Waals surface area contributed by atoms with E-state index in [2.05, 4.69) is 20.8 Å². The monoisotopic (exact) mass is 392 g/mol. The second kappa shape index (κ2) is 16.6. The minimum Gasteiger partial charge on any atom is -0.263 e. The van der Waals surface area contributed by atoms with Gasteiger partial charge in [0.1, 0.15) is 0 Å². The summed E-state index contributed by atoms with van der Waals surface area (Å²) in [5.41, 5.74) is 1.59. The van der Waals surface area contributed by atoms with E-state index < -0.39 is 5.97 Å². The van der Waals surface area contributed by atoms with Crippen LogP contribution < -0.4 is 0 Å². The average molecular weight is 393 g/mol. The summed E-state index contributed by atoms with van der Waals surface area (Å²) in [5.74, 6) is 0.101. The lowest BCUT2D eigenvalue weighted by atomic mass is 9.90. The Morgan fingerprint density at radius 3 is 2.29 bits per heavy atom.